The van der Waals surface area contributed by atoms with Crippen LogP contribution in [-0.4, -0.2) is 37.7 Å². The zero-order valence-corrected chi connectivity index (χ0v) is 13.8. The van der Waals surface area contributed by atoms with E-state index in [1.807, 2.05) is 24.5 Å². The minimum atomic E-state index is -1.14. The number of allylic oxidation sites excluding steroid dienone is 1. The summed E-state index contributed by atoms with van der Waals surface area (Å²) in [5, 5.41) is 9.49. The monoisotopic (exact) mass is 329 g/mol. The number of carbonyl (C=O) groups is 2. The number of fused-ring (bicyclic) bond motifs is 3. The number of benzene rings is 1. The van der Waals surface area contributed by atoms with Crippen molar-refractivity contribution >= 4 is 29.3 Å². The van der Waals surface area contributed by atoms with Crippen molar-refractivity contribution in [3.8, 4) is 6.07 Å². The van der Waals surface area contributed by atoms with E-state index in [1.165, 1.54) is 26.0 Å². The Morgan fingerprint density at radius 2 is 1.96 bits per heavy atom. The Morgan fingerprint density at radius 3 is 2.52 bits per heavy atom. The van der Waals surface area contributed by atoms with E-state index in [-0.39, 0.29) is 22.3 Å². The van der Waals surface area contributed by atoms with E-state index in [0.29, 0.717) is 5.56 Å². The molecule has 2 aliphatic carbocycles. The molecule has 118 valence electrons. The molecule has 1 fully saturated rings. The Labute approximate surface area is 138 Å². The van der Waals surface area contributed by atoms with Gasteiger partial charge in [-0.3, -0.25) is 4.79 Å². The molecule has 3 rings (SSSR count). The van der Waals surface area contributed by atoms with Gasteiger partial charge in [0.1, 0.15) is 11.5 Å². The predicted octanol–water partition coefficient (Wildman–Crippen LogP) is 2.14. The first-order valence-corrected chi connectivity index (χ1v) is 8.32. The Hall–Kier alpha value is -2.26. The Kier molecular flexibility index (Phi) is 3.69. The van der Waals surface area contributed by atoms with Crippen LogP contribution in [0, 0.1) is 16.7 Å². The minimum absolute atomic E-state index is 0.123. The fourth-order valence-electron chi connectivity index (χ4n) is 3.72. The zero-order valence-electron chi connectivity index (χ0n) is 13.0. The molecule has 0 bridgehead atoms. The van der Waals surface area contributed by atoms with Crippen LogP contribution in [0.4, 0.5) is 0 Å². The van der Waals surface area contributed by atoms with Crippen LogP contribution in [0.15, 0.2) is 29.8 Å². The number of rotatable bonds is 3. The number of ether oxygens (including phenoxy) is 2. The van der Waals surface area contributed by atoms with Crippen LogP contribution in [0.5, 0.6) is 0 Å². The van der Waals surface area contributed by atoms with E-state index in [0.717, 1.165) is 5.56 Å². The third kappa shape index (κ3) is 1.80. The largest absolute Gasteiger partial charge is 0.468 e. The van der Waals surface area contributed by atoms with Crippen LogP contribution in [-0.2, 0) is 19.1 Å². The van der Waals surface area contributed by atoms with Crippen LogP contribution in [0.1, 0.15) is 17.0 Å². The van der Waals surface area contributed by atoms with Gasteiger partial charge in [-0.05, 0) is 17.4 Å². The zero-order chi connectivity index (χ0) is 16.8. The Bertz CT molecular complexity index is 779. The first-order chi connectivity index (χ1) is 11.1. The molecule has 3 unspecified atom stereocenters. The summed E-state index contributed by atoms with van der Waals surface area (Å²) in [4.78, 5) is 25.0. The number of carbonyl (C=O) groups excluding carboxylic acids is 2. The molecule has 0 saturated heterocycles. The summed E-state index contributed by atoms with van der Waals surface area (Å²) in [7, 11) is 2.55. The van der Waals surface area contributed by atoms with E-state index >= 15 is 0 Å². The van der Waals surface area contributed by atoms with Crippen LogP contribution in [0.25, 0.3) is 5.57 Å². The van der Waals surface area contributed by atoms with E-state index in [1.54, 1.807) is 6.07 Å². The van der Waals surface area contributed by atoms with Crippen LogP contribution < -0.4 is 0 Å². The smallest absolute Gasteiger partial charge is 0.336 e. The van der Waals surface area contributed by atoms with E-state index < -0.39 is 17.4 Å². The Morgan fingerprint density at radius 1 is 1.26 bits per heavy atom. The molecule has 6 heteroatoms. The fraction of sp³-hybridized carbons (Fsp3) is 0.353. The molecule has 5 nitrogen and oxygen atoms in total. The summed E-state index contributed by atoms with van der Waals surface area (Å²) in [5.74, 6) is -1.33. The molecule has 0 radical (unpaired) electrons. The lowest BCUT2D eigenvalue weighted by Gasteiger charge is -2.24. The highest BCUT2D eigenvalue weighted by Gasteiger charge is 2.76. The number of nitrogens with zero attached hydrogens (tertiary/aromatic N) is 1. The average molecular weight is 329 g/mol. The van der Waals surface area contributed by atoms with Crippen LogP contribution in [0.2, 0.25) is 0 Å². The second-order valence-electron chi connectivity index (χ2n) is 5.44. The van der Waals surface area contributed by atoms with Gasteiger partial charge in [-0.15, -0.1) is 0 Å². The molecular formula is C17H15NO4S. The molecule has 0 spiro atoms. The van der Waals surface area contributed by atoms with Crippen molar-refractivity contribution in [1.82, 2.24) is 0 Å². The van der Waals surface area contributed by atoms with E-state index in [9.17, 15) is 14.9 Å². The van der Waals surface area contributed by atoms with Gasteiger partial charge < -0.3 is 9.47 Å². The van der Waals surface area contributed by atoms with Crippen molar-refractivity contribution in [2.24, 2.45) is 5.41 Å². The van der Waals surface area contributed by atoms with Crippen molar-refractivity contribution in [2.45, 2.75) is 11.2 Å². The number of esters is 2. The second-order valence-corrected chi connectivity index (χ2v) is 6.41. The summed E-state index contributed by atoms with van der Waals surface area (Å²) in [6, 6.07) is 9.48. The maximum absolute atomic E-state index is 12.6. The normalized spacial score (nSPS) is 27.4. The minimum Gasteiger partial charge on any atom is -0.468 e. The maximum Gasteiger partial charge on any atom is 0.336 e. The standard InChI is InChI=1S/C17H15NO4S/c1-21-15(19)13-11(8-18)9-6-4-5-7-10(9)12-14(23-3)17(12,13)16(20)22-2/h4-7,12,14H,1-3H3. The second kappa shape index (κ2) is 5.43. The lowest BCUT2D eigenvalue weighted by molar-refractivity contribution is -0.149. The van der Waals surface area contributed by atoms with Gasteiger partial charge in [0.25, 0.3) is 0 Å². The highest BCUT2D eigenvalue weighted by Crippen LogP contribution is 2.72. The summed E-state index contributed by atoms with van der Waals surface area (Å²) in [6.45, 7) is 0. The van der Waals surface area contributed by atoms with Crippen molar-refractivity contribution in [3.05, 3.63) is 41.0 Å². The van der Waals surface area contributed by atoms with Crippen LogP contribution >= 0.6 is 11.8 Å². The molecule has 0 aromatic heterocycles. The quantitative estimate of drug-likeness (QED) is 0.791. The molecule has 1 saturated carbocycles. The van der Waals surface area contributed by atoms with Gasteiger partial charge in [0.05, 0.1) is 25.4 Å². The first-order valence-electron chi connectivity index (χ1n) is 7.03. The molecule has 23 heavy (non-hydrogen) atoms. The molecule has 0 N–H and O–H groups in total. The molecule has 1 aromatic carbocycles. The third-order valence-corrected chi connectivity index (χ3v) is 5.79. The third-order valence-electron chi connectivity index (χ3n) is 4.64. The molecule has 2 aliphatic rings. The van der Waals surface area contributed by atoms with E-state index in [2.05, 4.69) is 6.07 Å². The maximum atomic E-state index is 12.6. The number of thioether (sulfide) groups is 1. The molecule has 0 aliphatic heterocycles. The summed E-state index contributed by atoms with van der Waals surface area (Å²) < 4.78 is 9.88. The van der Waals surface area contributed by atoms with E-state index in [4.69, 9.17) is 9.47 Å². The van der Waals surface area contributed by atoms with Gasteiger partial charge in [0, 0.05) is 11.2 Å². The Balaban J connectivity index is 2.37. The molecule has 0 heterocycles. The van der Waals surface area contributed by atoms with Gasteiger partial charge >= 0.3 is 11.9 Å². The van der Waals surface area contributed by atoms with Crippen molar-refractivity contribution < 1.29 is 19.1 Å². The van der Waals surface area contributed by atoms with Gasteiger partial charge in [0.2, 0.25) is 0 Å². The molecule has 3 atom stereocenters. The van der Waals surface area contributed by atoms with Gasteiger partial charge in [-0.25, -0.2) is 4.79 Å². The van der Waals surface area contributed by atoms with Crippen molar-refractivity contribution in [2.75, 3.05) is 20.5 Å². The van der Waals surface area contributed by atoms with Gasteiger partial charge in [-0.1, -0.05) is 24.3 Å². The lowest BCUT2D eigenvalue weighted by Crippen LogP contribution is -2.32. The summed E-state index contributed by atoms with van der Waals surface area (Å²) >= 11 is 1.49. The van der Waals surface area contributed by atoms with Crippen molar-refractivity contribution in [1.29, 1.82) is 5.26 Å². The molecule has 1 aromatic rings. The molecular weight excluding hydrogens is 314 g/mol. The molecule has 0 amide bonds. The number of hydrogen-bond acceptors (Lipinski definition) is 6. The lowest BCUT2D eigenvalue weighted by atomic mass is 9.78. The van der Waals surface area contributed by atoms with Crippen LogP contribution in [0.3, 0.4) is 0 Å². The predicted molar refractivity (Wildman–Crippen MR) is 85.5 cm³/mol. The first kappa shape index (κ1) is 15.6. The fourth-order valence-corrected chi connectivity index (χ4v) is 5.01. The number of nitriles is 1. The topological polar surface area (TPSA) is 76.4 Å². The SMILES string of the molecule is COC(=O)C1=C(C#N)c2ccccc2C2C(SC)C12C(=O)OC. The summed E-state index contributed by atoms with van der Waals surface area (Å²) in [5.41, 5.74) is 0.779. The van der Waals surface area contributed by atoms with Gasteiger partial charge in [-0.2, -0.15) is 17.0 Å². The summed E-state index contributed by atoms with van der Waals surface area (Å²) in [6.07, 6.45) is 1.89. The number of methoxy groups -OCH3 is 2. The number of hydrogen-bond donors (Lipinski definition) is 0. The van der Waals surface area contributed by atoms with Gasteiger partial charge in [0.15, 0.2) is 0 Å². The highest BCUT2D eigenvalue weighted by molar-refractivity contribution is 7.99. The van der Waals surface area contributed by atoms with Crippen molar-refractivity contribution in [3.63, 3.8) is 0 Å². The highest BCUT2D eigenvalue weighted by atomic mass is 32.2. The average Bonchev–Trinajstić information content (AvgIpc) is 3.29.